The second-order valence-corrected chi connectivity index (χ2v) is 8.91. The number of hydrogen-bond donors (Lipinski definition) is 1. The van der Waals surface area contributed by atoms with E-state index in [-0.39, 0.29) is 5.92 Å². The summed E-state index contributed by atoms with van der Waals surface area (Å²) in [5.41, 5.74) is 4.52. The van der Waals surface area contributed by atoms with Gasteiger partial charge in [0, 0.05) is 30.6 Å². The van der Waals surface area contributed by atoms with Crippen molar-refractivity contribution in [2.45, 2.75) is 24.9 Å². The molecule has 1 aromatic carbocycles. The molecule has 0 aliphatic carbocycles. The van der Waals surface area contributed by atoms with Crippen molar-refractivity contribution in [1.82, 2.24) is 9.88 Å². The fourth-order valence-electron chi connectivity index (χ4n) is 4.51. The summed E-state index contributed by atoms with van der Waals surface area (Å²) in [7, 11) is 0. The normalized spacial score (nSPS) is 25.4. The SMILES string of the molecule is OC1(C#Cc2ncc(-c3ccsc3)cc2Cc2ccccc2)CN2CCC1CC2. The molecule has 3 saturated heterocycles. The van der Waals surface area contributed by atoms with E-state index < -0.39 is 5.60 Å². The van der Waals surface area contributed by atoms with E-state index in [0.29, 0.717) is 6.54 Å². The lowest BCUT2D eigenvalue weighted by Gasteiger charge is -2.47. The van der Waals surface area contributed by atoms with E-state index in [9.17, 15) is 5.11 Å². The van der Waals surface area contributed by atoms with E-state index >= 15 is 0 Å². The molecule has 6 rings (SSSR count). The Morgan fingerprint density at radius 1 is 1.14 bits per heavy atom. The molecule has 3 fully saturated rings. The number of thiophene rings is 1. The predicted octanol–water partition coefficient (Wildman–Crippen LogP) is 4.21. The molecule has 0 radical (unpaired) electrons. The van der Waals surface area contributed by atoms with Crippen LogP contribution in [-0.4, -0.2) is 40.2 Å². The van der Waals surface area contributed by atoms with E-state index in [0.717, 1.165) is 49.2 Å². The minimum absolute atomic E-state index is 0.280. The second kappa shape index (κ2) is 7.76. The maximum atomic E-state index is 11.2. The maximum Gasteiger partial charge on any atom is 0.141 e. The number of rotatable bonds is 3. The second-order valence-electron chi connectivity index (χ2n) is 8.13. The Kier molecular flexibility index (Phi) is 4.97. The Balaban J connectivity index is 1.50. The highest BCUT2D eigenvalue weighted by atomic mass is 32.1. The molecule has 0 spiro atoms. The third-order valence-electron chi connectivity index (χ3n) is 6.18. The number of pyridine rings is 1. The molecule has 3 aliphatic heterocycles. The van der Waals surface area contributed by atoms with Gasteiger partial charge >= 0.3 is 0 Å². The molecule has 3 aliphatic rings. The standard InChI is InChI=1S/C25H24N2OS/c28-25(18-27-11-7-23(25)8-12-27)10-6-24-21(14-19-4-2-1-3-5-19)15-22(16-26-24)20-9-13-29-17-20/h1-5,9,13,15-17,23,28H,7-8,11-12,14,18H2. The average molecular weight is 401 g/mol. The summed E-state index contributed by atoms with van der Waals surface area (Å²) in [6.07, 6.45) is 4.75. The van der Waals surface area contributed by atoms with Crippen molar-refractivity contribution in [2.24, 2.45) is 5.92 Å². The zero-order valence-corrected chi connectivity index (χ0v) is 17.2. The minimum atomic E-state index is -0.909. The van der Waals surface area contributed by atoms with E-state index in [1.54, 1.807) is 11.3 Å². The molecule has 0 amide bonds. The molecule has 2 aromatic heterocycles. The Hall–Kier alpha value is -2.45. The summed E-state index contributed by atoms with van der Waals surface area (Å²) in [4.78, 5) is 7.04. The number of hydrogen-bond acceptors (Lipinski definition) is 4. The highest BCUT2D eigenvalue weighted by Gasteiger charge is 2.44. The van der Waals surface area contributed by atoms with Crippen LogP contribution in [0, 0.1) is 17.8 Å². The summed E-state index contributed by atoms with van der Waals surface area (Å²) in [5.74, 6) is 6.78. The van der Waals surface area contributed by atoms with Crippen LogP contribution in [0.1, 0.15) is 29.7 Å². The van der Waals surface area contributed by atoms with E-state index in [1.807, 2.05) is 12.3 Å². The number of aliphatic hydroxyl groups is 1. The fourth-order valence-corrected chi connectivity index (χ4v) is 5.17. The first-order chi connectivity index (χ1) is 14.2. The Morgan fingerprint density at radius 2 is 1.97 bits per heavy atom. The van der Waals surface area contributed by atoms with Crippen molar-refractivity contribution in [3.8, 4) is 23.0 Å². The third-order valence-corrected chi connectivity index (χ3v) is 6.87. The number of piperidine rings is 3. The molecule has 3 aromatic rings. The monoisotopic (exact) mass is 400 g/mol. The van der Waals surface area contributed by atoms with Gasteiger partial charge in [-0.3, -0.25) is 4.90 Å². The van der Waals surface area contributed by atoms with E-state index in [2.05, 4.69) is 63.9 Å². The van der Waals surface area contributed by atoms with Crippen molar-refractivity contribution in [2.75, 3.05) is 19.6 Å². The molecular weight excluding hydrogens is 376 g/mol. The molecular formula is C25H24N2OS. The van der Waals surface area contributed by atoms with Gasteiger partial charge in [0.1, 0.15) is 11.3 Å². The Morgan fingerprint density at radius 3 is 2.66 bits per heavy atom. The topological polar surface area (TPSA) is 36.4 Å². The first-order valence-corrected chi connectivity index (χ1v) is 11.2. The Labute approximate surface area is 176 Å². The quantitative estimate of drug-likeness (QED) is 0.669. The smallest absolute Gasteiger partial charge is 0.141 e. The van der Waals surface area contributed by atoms with Gasteiger partial charge in [0.15, 0.2) is 0 Å². The van der Waals surface area contributed by atoms with Gasteiger partial charge in [-0.05, 0) is 71.4 Å². The van der Waals surface area contributed by atoms with Crippen LogP contribution >= 0.6 is 11.3 Å². The van der Waals surface area contributed by atoms with Gasteiger partial charge in [-0.1, -0.05) is 36.3 Å². The highest BCUT2D eigenvalue weighted by molar-refractivity contribution is 7.08. The zero-order chi connectivity index (χ0) is 19.7. The van der Waals surface area contributed by atoms with Crippen LogP contribution in [0.4, 0.5) is 0 Å². The molecule has 29 heavy (non-hydrogen) atoms. The molecule has 1 N–H and O–H groups in total. The molecule has 1 unspecified atom stereocenters. The van der Waals surface area contributed by atoms with Gasteiger partial charge in [-0.2, -0.15) is 11.3 Å². The summed E-state index contributed by atoms with van der Waals surface area (Å²) in [5, 5.41) is 15.4. The summed E-state index contributed by atoms with van der Waals surface area (Å²) >= 11 is 1.69. The van der Waals surface area contributed by atoms with Crippen LogP contribution in [0.5, 0.6) is 0 Å². The van der Waals surface area contributed by atoms with Crippen LogP contribution in [0.2, 0.25) is 0 Å². The number of aromatic nitrogens is 1. The van der Waals surface area contributed by atoms with E-state index in [1.165, 1.54) is 11.1 Å². The largest absolute Gasteiger partial charge is 0.376 e. The minimum Gasteiger partial charge on any atom is -0.376 e. The number of nitrogens with zero attached hydrogens (tertiary/aromatic N) is 2. The van der Waals surface area contributed by atoms with Crippen molar-refractivity contribution < 1.29 is 5.11 Å². The van der Waals surface area contributed by atoms with Crippen LogP contribution in [-0.2, 0) is 6.42 Å². The lowest BCUT2D eigenvalue weighted by molar-refractivity contribution is -0.0713. The average Bonchev–Trinajstić information content (AvgIpc) is 3.29. The molecule has 0 saturated carbocycles. The third kappa shape index (κ3) is 3.86. The number of benzene rings is 1. The fraction of sp³-hybridized carbons (Fsp3) is 0.320. The van der Waals surface area contributed by atoms with Gasteiger partial charge in [-0.25, -0.2) is 4.98 Å². The molecule has 146 valence electrons. The molecule has 2 bridgehead atoms. The first kappa shape index (κ1) is 18.6. The summed E-state index contributed by atoms with van der Waals surface area (Å²) < 4.78 is 0. The molecule has 1 atom stereocenters. The van der Waals surface area contributed by atoms with Crippen LogP contribution in [0.15, 0.2) is 59.4 Å². The van der Waals surface area contributed by atoms with Crippen LogP contribution in [0.25, 0.3) is 11.1 Å². The van der Waals surface area contributed by atoms with Crippen molar-refractivity contribution in [3.05, 3.63) is 76.2 Å². The molecule has 4 heteroatoms. The van der Waals surface area contributed by atoms with Crippen molar-refractivity contribution >= 4 is 11.3 Å². The van der Waals surface area contributed by atoms with Crippen LogP contribution < -0.4 is 0 Å². The highest BCUT2D eigenvalue weighted by Crippen LogP contribution is 2.35. The van der Waals surface area contributed by atoms with Crippen LogP contribution in [0.3, 0.4) is 0 Å². The van der Waals surface area contributed by atoms with Gasteiger partial charge < -0.3 is 5.11 Å². The lowest BCUT2D eigenvalue weighted by atomic mass is 9.76. The number of fused-ring (bicyclic) bond motifs is 3. The van der Waals surface area contributed by atoms with Gasteiger partial charge in [0.25, 0.3) is 0 Å². The van der Waals surface area contributed by atoms with Gasteiger partial charge in [0.2, 0.25) is 0 Å². The molecule has 5 heterocycles. The summed E-state index contributed by atoms with van der Waals surface area (Å²) in [6.45, 7) is 2.83. The Bertz CT molecular complexity index is 1040. The van der Waals surface area contributed by atoms with E-state index in [4.69, 9.17) is 4.98 Å². The lowest BCUT2D eigenvalue weighted by Crippen LogP contribution is -2.58. The molecule has 3 nitrogen and oxygen atoms in total. The van der Waals surface area contributed by atoms with Gasteiger partial charge in [-0.15, -0.1) is 0 Å². The first-order valence-electron chi connectivity index (χ1n) is 10.2. The predicted molar refractivity (Wildman–Crippen MR) is 118 cm³/mol. The maximum absolute atomic E-state index is 11.2. The van der Waals surface area contributed by atoms with Crippen molar-refractivity contribution in [1.29, 1.82) is 0 Å². The zero-order valence-electron chi connectivity index (χ0n) is 16.3. The van der Waals surface area contributed by atoms with Gasteiger partial charge in [0.05, 0.1) is 0 Å². The summed E-state index contributed by atoms with van der Waals surface area (Å²) in [6, 6.07) is 14.7. The van der Waals surface area contributed by atoms with Crippen molar-refractivity contribution in [3.63, 3.8) is 0 Å².